The van der Waals surface area contributed by atoms with Crippen LogP contribution in [0, 0.1) is 6.07 Å². The summed E-state index contributed by atoms with van der Waals surface area (Å²) < 4.78 is 0. The summed E-state index contributed by atoms with van der Waals surface area (Å²) in [5.41, 5.74) is 9.28. The summed E-state index contributed by atoms with van der Waals surface area (Å²) in [6.45, 7) is 0. The van der Waals surface area contributed by atoms with E-state index >= 15 is 0 Å². The molecule has 0 aliphatic heterocycles. The first-order chi connectivity index (χ1) is 15.9. The maximum Gasteiger partial charge on any atom is 0.0544 e. The van der Waals surface area contributed by atoms with E-state index in [4.69, 9.17) is 0 Å². The number of hydrogen-bond acceptors (Lipinski definition) is 0. The Balaban J connectivity index is 1.55. The Kier molecular flexibility index (Phi) is 3.58. The fourth-order valence-corrected chi connectivity index (χ4v) is 5.06. The zero-order chi connectivity index (χ0) is 21.1. The molecule has 0 aliphatic rings. The van der Waals surface area contributed by atoms with Gasteiger partial charge in [0.05, 0.1) is 11.0 Å². The number of para-hydroxylation sites is 4. The SMILES string of the molecule is [c]1cccc(-c2cccc3c2[nH]c2ccccc23)c1-c1cccc2c1[nH]c1ccccc12. The highest BCUT2D eigenvalue weighted by molar-refractivity contribution is 6.15. The van der Waals surface area contributed by atoms with Crippen LogP contribution in [0.5, 0.6) is 0 Å². The second-order valence-electron chi connectivity index (χ2n) is 8.26. The molecule has 2 N–H and O–H groups in total. The first-order valence-electron chi connectivity index (χ1n) is 10.9. The molecule has 0 atom stereocenters. The highest BCUT2D eigenvalue weighted by atomic mass is 14.7. The number of fused-ring (bicyclic) bond motifs is 6. The first-order valence-corrected chi connectivity index (χ1v) is 10.9. The van der Waals surface area contributed by atoms with Gasteiger partial charge < -0.3 is 9.97 Å². The van der Waals surface area contributed by atoms with Gasteiger partial charge in [0.15, 0.2) is 0 Å². The van der Waals surface area contributed by atoms with Crippen molar-refractivity contribution in [1.82, 2.24) is 9.97 Å². The Morgan fingerprint density at radius 2 is 0.969 bits per heavy atom. The first kappa shape index (κ1) is 17.4. The van der Waals surface area contributed by atoms with Gasteiger partial charge in [-0.2, -0.15) is 0 Å². The normalized spacial score (nSPS) is 11.8. The predicted molar refractivity (Wildman–Crippen MR) is 135 cm³/mol. The van der Waals surface area contributed by atoms with Crippen LogP contribution in [-0.2, 0) is 0 Å². The van der Waals surface area contributed by atoms with Crippen molar-refractivity contribution in [3.8, 4) is 22.3 Å². The van der Waals surface area contributed by atoms with Crippen molar-refractivity contribution in [2.45, 2.75) is 0 Å². The molecule has 0 saturated carbocycles. The molecular weight excluding hydrogens is 388 g/mol. The Labute approximate surface area is 185 Å². The van der Waals surface area contributed by atoms with Crippen molar-refractivity contribution in [3.05, 3.63) is 109 Å². The maximum atomic E-state index is 3.66. The van der Waals surface area contributed by atoms with E-state index in [1.165, 1.54) is 43.8 Å². The molecule has 149 valence electrons. The second kappa shape index (κ2) is 6.60. The number of rotatable bonds is 2. The largest absolute Gasteiger partial charge is 0.354 e. The third-order valence-corrected chi connectivity index (χ3v) is 6.50. The van der Waals surface area contributed by atoms with Gasteiger partial charge >= 0.3 is 0 Å². The van der Waals surface area contributed by atoms with Crippen molar-refractivity contribution < 1.29 is 0 Å². The fourth-order valence-electron chi connectivity index (χ4n) is 5.06. The van der Waals surface area contributed by atoms with E-state index in [0.29, 0.717) is 0 Å². The van der Waals surface area contributed by atoms with E-state index in [1.807, 2.05) is 6.07 Å². The average Bonchev–Trinajstić information content (AvgIpc) is 3.42. The van der Waals surface area contributed by atoms with Crippen LogP contribution in [0.25, 0.3) is 65.9 Å². The van der Waals surface area contributed by atoms with Crippen LogP contribution in [0.15, 0.2) is 103 Å². The van der Waals surface area contributed by atoms with Crippen molar-refractivity contribution in [1.29, 1.82) is 0 Å². The van der Waals surface area contributed by atoms with E-state index < -0.39 is 0 Å². The Bertz CT molecular complexity index is 1650. The minimum atomic E-state index is 1.11. The molecule has 0 saturated heterocycles. The van der Waals surface area contributed by atoms with Gasteiger partial charge in [-0.15, -0.1) is 0 Å². The Morgan fingerprint density at radius 1 is 0.438 bits per heavy atom. The third-order valence-electron chi connectivity index (χ3n) is 6.50. The lowest BCUT2D eigenvalue weighted by molar-refractivity contribution is 1.51. The number of aromatic nitrogens is 2. The Morgan fingerprint density at radius 3 is 1.66 bits per heavy atom. The molecule has 0 amide bonds. The van der Waals surface area contributed by atoms with E-state index in [1.54, 1.807) is 0 Å². The third kappa shape index (κ3) is 2.41. The molecule has 5 aromatic carbocycles. The summed E-state index contributed by atoms with van der Waals surface area (Å²) in [6.07, 6.45) is 0. The topological polar surface area (TPSA) is 31.6 Å². The summed E-state index contributed by atoms with van der Waals surface area (Å²) in [4.78, 5) is 7.32. The van der Waals surface area contributed by atoms with Gasteiger partial charge in [-0.1, -0.05) is 91.0 Å². The predicted octanol–water partition coefficient (Wildman–Crippen LogP) is 8.09. The molecule has 2 heteroatoms. The lowest BCUT2D eigenvalue weighted by atomic mass is 9.92. The molecule has 2 heterocycles. The van der Waals surface area contributed by atoms with Crippen LogP contribution >= 0.6 is 0 Å². The molecule has 0 unspecified atom stereocenters. The van der Waals surface area contributed by atoms with E-state index in [0.717, 1.165) is 22.1 Å². The highest BCUT2D eigenvalue weighted by Crippen LogP contribution is 2.40. The van der Waals surface area contributed by atoms with Gasteiger partial charge in [0.1, 0.15) is 0 Å². The number of nitrogens with one attached hydrogen (secondary N) is 2. The minimum absolute atomic E-state index is 1.11. The van der Waals surface area contributed by atoms with Gasteiger partial charge in [-0.3, -0.25) is 0 Å². The molecular formula is C30H19N2. The smallest absolute Gasteiger partial charge is 0.0544 e. The molecule has 0 aliphatic carbocycles. The highest BCUT2D eigenvalue weighted by Gasteiger charge is 2.16. The van der Waals surface area contributed by atoms with Gasteiger partial charge in [-0.05, 0) is 29.3 Å². The summed E-state index contributed by atoms with van der Waals surface area (Å²) >= 11 is 0. The van der Waals surface area contributed by atoms with Crippen LogP contribution in [0.4, 0.5) is 0 Å². The molecule has 2 aromatic heterocycles. The lowest BCUT2D eigenvalue weighted by Gasteiger charge is -2.12. The second-order valence-corrected chi connectivity index (χ2v) is 8.26. The zero-order valence-corrected chi connectivity index (χ0v) is 17.3. The molecule has 0 spiro atoms. The lowest BCUT2D eigenvalue weighted by Crippen LogP contribution is -1.88. The Hall–Kier alpha value is -4.30. The summed E-state index contributed by atoms with van der Waals surface area (Å²) in [7, 11) is 0. The number of H-pyrrole nitrogens is 2. The number of aromatic amines is 2. The van der Waals surface area contributed by atoms with Crippen LogP contribution in [0.3, 0.4) is 0 Å². The van der Waals surface area contributed by atoms with Crippen molar-refractivity contribution >= 4 is 43.6 Å². The van der Waals surface area contributed by atoms with Gasteiger partial charge in [0.2, 0.25) is 0 Å². The molecule has 1 radical (unpaired) electrons. The average molecular weight is 407 g/mol. The quantitative estimate of drug-likeness (QED) is 0.290. The van der Waals surface area contributed by atoms with Crippen molar-refractivity contribution in [3.63, 3.8) is 0 Å². The molecule has 0 bridgehead atoms. The summed E-state index contributed by atoms with van der Waals surface area (Å²) in [5.74, 6) is 0. The van der Waals surface area contributed by atoms with E-state index in [2.05, 4.69) is 113 Å². The monoisotopic (exact) mass is 407 g/mol. The summed E-state index contributed by atoms with van der Waals surface area (Å²) in [5, 5.41) is 4.99. The van der Waals surface area contributed by atoms with Crippen LogP contribution in [0.2, 0.25) is 0 Å². The van der Waals surface area contributed by atoms with Gasteiger partial charge in [-0.25, -0.2) is 0 Å². The maximum absolute atomic E-state index is 3.66. The number of hydrogen-bond donors (Lipinski definition) is 2. The molecule has 2 nitrogen and oxygen atoms in total. The number of benzene rings is 5. The molecule has 32 heavy (non-hydrogen) atoms. The minimum Gasteiger partial charge on any atom is -0.354 e. The van der Waals surface area contributed by atoms with E-state index in [9.17, 15) is 0 Å². The molecule has 7 aromatic rings. The molecule has 7 rings (SSSR count). The molecule has 0 fully saturated rings. The fraction of sp³-hybridized carbons (Fsp3) is 0. The van der Waals surface area contributed by atoms with Crippen molar-refractivity contribution in [2.24, 2.45) is 0 Å². The van der Waals surface area contributed by atoms with Crippen LogP contribution in [0.1, 0.15) is 0 Å². The standard InChI is InChI=1S/C30H19N2/c1-2-10-20(24-14-8-16-26-22-12-4-6-18-28(22)32-30(24)26)19(9-1)23-13-7-15-25-21-11-3-5-17-27(21)31-29(23)25/h1-9,11-18,31-32H. The van der Waals surface area contributed by atoms with Crippen LogP contribution < -0.4 is 0 Å². The van der Waals surface area contributed by atoms with Gasteiger partial charge in [0, 0.05) is 43.7 Å². The van der Waals surface area contributed by atoms with Crippen molar-refractivity contribution in [2.75, 3.05) is 0 Å². The zero-order valence-electron chi connectivity index (χ0n) is 17.3. The van der Waals surface area contributed by atoms with Crippen LogP contribution in [-0.4, -0.2) is 9.97 Å². The summed E-state index contributed by atoms with van der Waals surface area (Å²) in [6, 6.07) is 39.9. The van der Waals surface area contributed by atoms with Gasteiger partial charge in [0.25, 0.3) is 0 Å². The van der Waals surface area contributed by atoms with E-state index in [-0.39, 0.29) is 0 Å².